The molecule has 0 aromatic heterocycles. The lowest BCUT2D eigenvalue weighted by Crippen LogP contribution is -2.55. The number of benzene rings is 1. The van der Waals surface area contributed by atoms with Gasteiger partial charge in [0.15, 0.2) is 11.8 Å². The summed E-state index contributed by atoms with van der Waals surface area (Å²) in [6.07, 6.45) is -3.36. The molecular formula is C20H23F5N4O5. The summed E-state index contributed by atoms with van der Waals surface area (Å²) in [4.78, 5) is 38.6. The summed E-state index contributed by atoms with van der Waals surface area (Å²) in [6.45, 7) is -4.97. The molecule has 1 aliphatic carbocycles. The number of nitrogens with two attached hydrogens (primary N) is 1. The topological polar surface area (TPSA) is 114 Å². The molecule has 1 saturated carbocycles. The molecular weight excluding hydrogens is 471 g/mol. The van der Waals surface area contributed by atoms with Crippen LogP contribution in [0.25, 0.3) is 0 Å². The van der Waals surface area contributed by atoms with Crippen LogP contribution in [0.1, 0.15) is 12.8 Å². The number of hydrogen-bond donors (Lipinski definition) is 2. The molecule has 0 unspecified atom stereocenters. The van der Waals surface area contributed by atoms with Crippen LogP contribution in [0.3, 0.4) is 0 Å². The number of nitrogens with one attached hydrogen (secondary N) is 1. The summed E-state index contributed by atoms with van der Waals surface area (Å²) in [6, 6.07) is 1.51. The van der Waals surface area contributed by atoms with Crippen molar-refractivity contribution in [1.29, 1.82) is 0 Å². The maximum atomic E-state index is 13.1. The van der Waals surface area contributed by atoms with Gasteiger partial charge in [-0.1, -0.05) is 0 Å². The molecule has 2 fully saturated rings. The van der Waals surface area contributed by atoms with Gasteiger partial charge in [0.1, 0.15) is 6.61 Å². The average molecular weight is 494 g/mol. The van der Waals surface area contributed by atoms with Gasteiger partial charge in [-0.05, 0) is 30.9 Å². The predicted octanol–water partition coefficient (Wildman–Crippen LogP) is 1.72. The molecule has 2 aliphatic rings. The molecule has 0 radical (unpaired) electrons. The van der Waals surface area contributed by atoms with Crippen LogP contribution in [0.15, 0.2) is 18.2 Å². The van der Waals surface area contributed by atoms with Crippen molar-refractivity contribution in [2.24, 2.45) is 11.7 Å². The second-order valence-corrected chi connectivity index (χ2v) is 7.94. The molecule has 34 heavy (non-hydrogen) atoms. The molecule has 3 N–H and O–H groups in total. The van der Waals surface area contributed by atoms with Crippen molar-refractivity contribution in [3.05, 3.63) is 18.2 Å². The summed E-state index contributed by atoms with van der Waals surface area (Å²) >= 11 is 0. The second kappa shape index (κ2) is 10.5. The summed E-state index contributed by atoms with van der Waals surface area (Å²) < 4.78 is 74.6. The van der Waals surface area contributed by atoms with E-state index >= 15 is 0 Å². The molecule has 1 heterocycles. The minimum absolute atomic E-state index is 0.00881. The number of primary amides is 1. The fraction of sp³-hybridized carbons (Fsp3) is 0.550. The second-order valence-electron chi connectivity index (χ2n) is 7.94. The van der Waals surface area contributed by atoms with Gasteiger partial charge in [-0.15, -0.1) is 0 Å². The first-order chi connectivity index (χ1) is 15.9. The number of anilines is 2. The summed E-state index contributed by atoms with van der Waals surface area (Å²) in [7, 11) is 0. The Balaban J connectivity index is 1.84. The van der Waals surface area contributed by atoms with E-state index in [1.165, 1.54) is 17.0 Å². The van der Waals surface area contributed by atoms with Gasteiger partial charge in [0, 0.05) is 24.8 Å². The first-order valence-corrected chi connectivity index (χ1v) is 10.3. The first-order valence-electron chi connectivity index (χ1n) is 10.3. The molecule has 1 aromatic carbocycles. The Kier molecular flexibility index (Phi) is 7.92. The quantitative estimate of drug-likeness (QED) is 0.378. The number of halogens is 5. The van der Waals surface area contributed by atoms with Crippen molar-refractivity contribution in [1.82, 2.24) is 4.90 Å². The van der Waals surface area contributed by atoms with Gasteiger partial charge in [0.25, 0.3) is 11.8 Å². The summed E-state index contributed by atoms with van der Waals surface area (Å²) in [5, 5.41) is 2.24. The number of alkyl halides is 5. The number of nitrogens with zero attached hydrogens (tertiary/aromatic N) is 2. The minimum atomic E-state index is -4.69. The van der Waals surface area contributed by atoms with Crippen LogP contribution in [0.2, 0.25) is 0 Å². The highest BCUT2D eigenvalue weighted by Crippen LogP contribution is 2.34. The van der Waals surface area contributed by atoms with Crippen molar-refractivity contribution < 1.29 is 45.8 Å². The van der Waals surface area contributed by atoms with Crippen molar-refractivity contribution in [2.75, 3.05) is 43.1 Å². The smallest absolute Gasteiger partial charge is 0.401 e. The summed E-state index contributed by atoms with van der Waals surface area (Å²) in [5.74, 6) is -3.49. The summed E-state index contributed by atoms with van der Waals surface area (Å²) in [5.41, 5.74) is 5.10. The molecule has 0 bridgehead atoms. The Labute approximate surface area is 190 Å². The monoisotopic (exact) mass is 494 g/mol. The maximum absolute atomic E-state index is 13.1. The van der Waals surface area contributed by atoms with E-state index in [9.17, 15) is 36.3 Å². The van der Waals surface area contributed by atoms with E-state index in [4.69, 9.17) is 10.5 Å². The minimum Gasteiger partial charge on any atom is -0.433 e. The fourth-order valence-corrected chi connectivity index (χ4v) is 3.59. The Morgan fingerprint density at radius 2 is 2.00 bits per heavy atom. The maximum Gasteiger partial charge on any atom is 0.401 e. The standard InChI is InChI=1S/C20H23F5N4O5/c21-19(22)34-14-7-12(3-4-13(14)29-5-6-33-9-15(29)30)27-18(32)16(17(26)31)28(8-11-1-2-11)10-20(23,24)25/h3-4,7,11,16,19H,1-2,5-6,8-10H2,(H2,26,31)(H,27,32)/t16-/m1/s1. The normalized spacial score (nSPS) is 17.7. The average Bonchev–Trinajstić information content (AvgIpc) is 3.51. The predicted molar refractivity (Wildman–Crippen MR) is 108 cm³/mol. The van der Waals surface area contributed by atoms with Crippen molar-refractivity contribution >= 4 is 29.1 Å². The van der Waals surface area contributed by atoms with E-state index in [-0.39, 0.29) is 43.6 Å². The molecule has 14 heteroatoms. The number of ether oxygens (including phenoxy) is 2. The molecule has 1 atom stereocenters. The van der Waals surface area contributed by atoms with Crippen LogP contribution in [0, 0.1) is 5.92 Å². The number of rotatable bonds is 10. The molecule has 9 nitrogen and oxygen atoms in total. The van der Waals surface area contributed by atoms with Gasteiger partial charge >= 0.3 is 12.8 Å². The van der Waals surface area contributed by atoms with Crippen LogP contribution in [-0.2, 0) is 19.1 Å². The Morgan fingerprint density at radius 3 is 2.56 bits per heavy atom. The zero-order valence-corrected chi connectivity index (χ0v) is 17.8. The SMILES string of the molecule is NC(=O)[C@H](C(=O)Nc1ccc(N2CCOCC2=O)c(OC(F)F)c1)N(CC1CC1)CC(F)(F)F. The van der Waals surface area contributed by atoms with E-state index in [0.717, 1.165) is 6.07 Å². The molecule has 1 saturated heterocycles. The lowest BCUT2D eigenvalue weighted by atomic mass is 10.1. The van der Waals surface area contributed by atoms with Gasteiger partial charge in [-0.2, -0.15) is 22.0 Å². The van der Waals surface area contributed by atoms with Crippen molar-refractivity contribution in [3.8, 4) is 5.75 Å². The van der Waals surface area contributed by atoms with Crippen molar-refractivity contribution in [3.63, 3.8) is 0 Å². The van der Waals surface area contributed by atoms with E-state index in [1.807, 2.05) is 0 Å². The van der Waals surface area contributed by atoms with E-state index < -0.39 is 48.8 Å². The molecule has 1 aromatic rings. The highest BCUT2D eigenvalue weighted by Gasteiger charge is 2.41. The largest absolute Gasteiger partial charge is 0.433 e. The Morgan fingerprint density at radius 1 is 1.29 bits per heavy atom. The molecule has 3 amide bonds. The zero-order valence-electron chi connectivity index (χ0n) is 17.8. The number of hydrogen-bond acceptors (Lipinski definition) is 6. The van der Waals surface area contributed by atoms with Gasteiger partial charge < -0.3 is 25.4 Å². The van der Waals surface area contributed by atoms with Crippen LogP contribution >= 0.6 is 0 Å². The van der Waals surface area contributed by atoms with Gasteiger partial charge in [-0.25, -0.2) is 0 Å². The number of morpholine rings is 1. The Hall–Kier alpha value is -3.00. The van der Waals surface area contributed by atoms with Gasteiger partial charge in [0.2, 0.25) is 5.91 Å². The molecule has 1 aliphatic heterocycles. The number of carbonyl (C=O) groups is 3. The fourth-order valence-electron chi connectivity index (χ4n) is 3.59. The molecule has 3 rings (SSSR count). The third-order valence-corrected chi connectivity index (χ3v) is 5.18. The van der Waals surface area contributed by atoms with Gasteiger partial charge in [0.05, 0.1) is 18.8 Å². The van der Waals surface area contributed by atoms with Crippen molar-refractivity contribution in [2.45, 2.75) is 31.7 Å². The van der Waals surface area contributed by atoms with E-state index in [0.29, 0.717) is 17.7 Å². The highest BCUT2D eigenvalue weighted by molar-refractivity contribution is 6.09. The molecule has 188 valence electrons. The highest BCUT2D eigenvalue weighted by atomic mass is 19.4. The molecule has 0 spiro atoms. The van der Waals surface area contributed by atoms with Gasteiger partial charge in [-0.3, -0.25) is 19.3 Å². The third-order valence-electron chi connectivity index (χ3n) is 5.18. The van der Waals surface area contributed by atoms with Crippen LogP contribution in [-0.4, -0.2) is 74.3 Å². The first kappa shape index (κ1) is 25.6. The van der Waals surface area contributed by atoms with Crippen LogP contribution in [0.4, 0.5) is 33.3 Å². The zero-order chi connectivity index (χ0) is 25.0. The number of amides is 3. The lowest BCUT2D eigenvalue weighted by Gasteiger charge is -2.30. The third kappa shape index (κ3) is 7.00. The Bertz CT molecular complexity index is 925. The lowest BCUT2D eigenvalue weighted by molar-refractivity contribution is -0.157. The van der Waals surface area contributed by atoms with E-state index in [1.54, 1.807) is 0 Å². The van der Waals surface area contributed by atoms with E-state index in [2.05, 4.69) is 10.1 Å². The van der Waals surface area contributed by atoms with Crippen LogP contribution < -0.4 is 20.7 Å². The van der Waals surface area contributed by atoms with Crippen LogP contribution in [0.5, 0.6) is 5.75 Å². The number of carbonyl (C=O) groups excluding carboxylic acids is 3.